The van der Waals surface area contributed by atoms with Gasteiger partial charge in [-0.25, -0.2) is 0 Å². The first-order valence-electron chi connectivity index (χ1n) is 3.96. The molecule has 2 nitrogen and oxygen atoms in total. The minimum atomic E-state index is 0.0485. The first kappa shape index (κ1) is 8.73. The lowest BCUT2D eigenvalue weighted by Gasteiger charge is -2.12. The number of hydrogen-bond donors (Lipinski definition) is 0. The Morgan fingerprint density at radius 2 is 2.08 bits per heavy atom. The van der Waals surface area contributed by atoms with Gasteiger partial charge in [0.15, 0.2) is 17.9 Å². The molecule has 0 unspecified atom stereocenters. The smallest absolute Gasteiger partial charge is 0.187 e. The molecule has 1 rings (SSSR count). The van der Waals surface area contributed by atoms with Gasteiger partial charge in [-0.1, -0.05) is 0 Å². The van der Waals surface area contributed by atoms with Crippen LogP contribution in [0.25, 0.3) is 0 Å². The highest BCUT2D eigenvalue weighted by Gasteiger charge is 2.20. The molecule has 0 radical (unpaired) electrons. The van der Waals surface area contributed by atoms with E-state index < -0.39 is 0 Å². The molecule has 0 aliphatic heterocycles. The summed E-state index contributed by atoms with van der Waals surface area (Å²) in [4.78, 5) is 0. The molecule has 1 heterocycles. The summed E-state index contributed by atoms with van der Waals surface area (Å²) in [6, 6.07) is 5.82. The van der Waals surface area contributed by atoms with Gasteiger partial charge < -0.3 is 0 Å². The maximum absolute atomic E-state index is 8.66. The lowest BCUT2D eigenvalue weighted by Crippen LogP contribution is -2.49. The minimum Gasteiger partial charge on any atom is -0.199 e. The zero-order chi connectivity index (χ0) is 9.19. The summed E-state index contributed by atoms with van der Waals surface area (Å²) in [5, 5.41) is 8.66. The quantitative estimate of drug-likeness (QED) is 0.531. The predicted molar refractivity (Wildman–Crippen MR) is 46.3 cm³/mol. The van der Waals surface area contributed by atoms with Gasteiger partial charge in [0, 0.05) is 26.8 Å². The van der Waals surface area contributed by atoms with E-state index in [0.29, 0.717) is 5.56 Å². The summed E-state index contributed by atoms with van der Waals surface area (Å²) in [7, 11) is 0. The number of aromatic nitrogens is 1. The second kappa shape index (κ2) is 2.94. The van der Waals surface area contributed by atoms with Crippen molar-refractivity contribution in [2.24, 2.45) is 0 Å². The van der Waals surface area contributed by atoms with Crippen LogP contribution >= 0.6 is 0 Å². The molecule has 0 bridgehead atoms. The highest BCUT2D eigenvalue weighted by molar-refractivity contribution is 5.21. The van der Waals surface area contributed by atoms with E-state index in [1.165, 1.54) is 0 Å². The van der Waals surface area contributed by atoms with E-state index in [1.54, 1.807) is 0 Å². The first-order valence-corrected chi connectivity index (χ1v) is 3.96. The van der Waals surface area contributed by atoms with Crippen LogP contribution in [0.5, 0.6) is 0 Å². The molecule has 2 heteroatoms. The van der Waals surface area contributed by atoms with E-state index >= 15 is 0 Å². The van der Waals surface area contributed by atoms with Gasteiger partial charge in [-0.05, 0) is 6.07 Å². The van der Waals surface area contributed by atoms with Crippen LogP contribution in [0, 0.1) is 11.3 Å². The molecule has 0 aliphatic carbocycles. The minimum absolute atomic E-state index is 0.0485. The van der Waals surface area contributed by atoms with Crippen molar-refractivity contribution < 1.29 is 4.57 Å². The molecule has 12 heavy (non-hydrogen) atoms. The van der Waals surface area contributed by atoms with Crippen molar-refractivity contribution in [3.8, 4) is 6.07 Å². The van der Waals surface area contributed by atoms with E-state index in [1.807, 2.05) is 29.1 Å². The van der Waals surface area contributed by atoms with Gasteiger partial charge >= 0.3 is 0 Å². The third kappa shape index (κ3) is 1.82. The monoisotopic (exact) mass is 161 g/mol. The fourth-order valence-electron chi connectivity index (χ4n) is 0.959. The summed E-state index contributed by atoms with van der Waals surface area (Å²) in [5.41, 5.74) is 0.750. The zero-order valence-electron chi connectivity index (χ0n) is 7.70. The van der Waals surface area contributed by atoms with Crippen LogP contribution in [0.3, 0.4) is 0 Å². The van der Waals surface area contributed by atoms with E-state index in [4.69, 9.17) is 5.26 Å². The van der Waals surface area contributed by atoms with E-state index in [0.717, 1.165) is 0 Å². The molecule has 0 fully saturated rings. The summed E-state index contributed by atoms with van der Waals surface area (Å²) in [5.74, 6) is 0. The molecule has 0 saturated heterocycles. The molecule has 0 saturated carbocycles. The number of pyridine rings is 1. The molecule has 0 aromatic carbocycles. The fraction of sp³-hybridized carbons (Fsp3) is 0.400. The molecular formula is C10H13N2+. The number of rotatable bonds is 0. The van der Waals surface area contributed by atoms with Crippen LogP contribution < -0.4 is 4.57 Å². The van der Waals surface area contributed by atoms with Gasteiger partial charge in [0.1, 0.15) is 11.6 Å². The van der Waals surface area contributed by atoms with Crippen LogP contribution in [-0.2, 0) is 5.54 Å². The van der Waals surface area contributed by atoms with E-state index in [9.17, 15) is 0 Å². The Hall–Kier alpha value is -1.36. The SMILES string of the molecule is CC(C)(C)[n+]1cccc(C#N)c1. The van der Waals surface area contributed by atoms with Crippen LogP contribution in [0.1, 0.15) is 26.3 Å². The lowest BCUT2D eigenvalue weighted by molar-refractivity contribution is -0.754. The van der Waals surface area contributed by atoms with Gasteiger partial charge in [0.25, 0.3) is 0 Å². The molecular weight excluding hydrogens is 148 g/mol. The topological polar surface area (TPSA) is 27.7 Å². The summed E-state index contributed by atoms with van der Waals surface area (Å²) < 4.78 is 2.03. The normalized spacial score (nSPS) is 10.8. The van der Waals surface area contributed by atoms with Crippen molar-refractivity contribution in [2.45, 2.75) is 26.3 Å². The van der Waals surface area contributed by atoms with Gasteiger partial charge in [0.2, 0.25) is 0 Å². The van der Waals surface area contributed by atoms with Gasteiger partial charge in [-0.3, -0.25) is 0 Å². The standard InChI is InChI=1S/C10H13N2/c1-10(2,3)12-6-4-5-9(7-11)8-12/h4-6,8H,1-3H3/q+1. The Labute approximate surface area is 73.1 Å². The molecule has 1 aromatic rings. The van der Waals surface area contributed by atoms with Crippen molar-refractivity contribution in [2.75, 3.05) is 0 Å². The summed E-state index contributed by atoms with van der Waals surface area (Å²) in [6.07, 6.45) is 3.83. The molecule has 0 spiro atoms. The zero-order valence-corrected chi connectivity index (χ0v) is 7.70. The molecule has 0 aliphatic rings. The Morgan fingerprint density at radius 3 is 2.58 bits per heavy atom. The Balaban J connectivity index is 3.13. The van der Waals surface area contributed by atoms with Crippen molar-refractivity contribution in [3.05, 3.63) is 30.1 Å². The number of nitriles is 1. The summed E-state index contributed by atoms with van der Waals surface area (Å²) in [6.45, 7) is 6.32. The van der Waals surface area contributed by atoms with Crippen molar-refractivity contribution in [1.82, 2.24) is 0 Å². The third-order valence-corrected chi connectivity index (χ3v) is 1.70. The second-order valence-corrected chi connectivity index (χ2v) is 3.78. The largest absolute Gasteiger partial charge is 0.199 e. The molecule has 0 N–H and O–H groups in total. The Bertz CT molecular complexity index is 315. The second-order valence-electron chi connectivity index (χ2n) is 3.78. The predicted octanol–water partition coefficient (Wildman–Crippen LogP) is 1.60. The molecule has 0 amide bonds. The van der Waals surface area contributed by atoms with Crippen LogP contribution in [-0.4, -0.2) is 0 Å². The highest BCUT2D eigenvalue weighted by atomic mass is 15.0. The highest BCUT2D eigenvalue weighted by Crippen LogP contribution is 2.03. The average Bonchev–Trinajstić information content (AvgIpc) is 2.03. The fourth-order valence-corrected chi connectivity index (χ4v) is 0.959. The number of hydrogen-bond acceptors (Lipinski definition) is 1. The average molecular weight is 161 g/mol. The maximum Gasteiger partial charge on any atom is 0.187 e. The van der Waals surface area contributed by atoms with Gasteiger partial charge in [-0.2, -0.15) is 9.83 Å². The third-order valence-electron chi connectivity index (χ3n) is 1.70. The van der Waals surface area contributed by atoms with Crippen molar-refractivity contribution in [3.63, 3.8) is 0 Å². The van der Waals surface area contributed by atoms with Crippen LogP contribution in [0.15, 0.2) is 24.5 Å². The Morgan fingerprint density at radius 1 is 1.42 bits per heavy atom. The van der Waals surface area contributed by atoms with Gasteiger partial charge in [-0.15, -0.1) is 0 Å². The lowest BCUT2D eigenvalue weighted by atomic mass is 10.1. The maximum atomic E-state index is 8.66. The first-order chi connectivity index (χ1) is 5.54. The van der Waals surface area contributed by atoms with Crippen molar-refractivity contribution >= 4 is 0 Å². The van der Waals surface area contributed by atoms with Crippen LogP contribution in [0.2, 0.25) is 0 Å². The van der Waals surface area contributed by atoms with Gasteiger partial charge in [0.05, 0.1) is 0 Å². The Kier molecular flexibility index (Phi) is 2.14. The van der Waals surface area contributed by atoms with Crippen LogP contribution in [0.4, 0.5) is 0 Å². The molecule has 1 aromatic heterocycles. The summed E-state index contributed by atoms with van der Waals surface area (Å²) >= 11 is 0. The van der Waals surface area contributed by atoms with E-state index in [-0.39, 0.29) is 5.54 Å². The van der Waals surface area contributed by atoms with Crippen molar-refractivity contribution in [1.29, 1.82) is 5.26 Å². The molecule has 0 atom stereocenters. The van der Waals surface area contributed by atoms with E-state index in [2.05, 4.69) is 26.8 Å². The number of nitrogens with zero attached hydrogens (tertiary/aromatic N) is 2. The molecule has 62 valence electrons.